The number of carbonyl (C=O) groups excluding carboxylic acids is 1. The molecule has 2 aromatic rings. The van der Waals surface area contributed by atoms with Crippen molar-refractivity contribution in [1.82, 2.24) is 14.6 Å². The van der Waals surface area contributed by atoms with Crippen LogP contribution in [0.3, 0.4) is 0 Å². The van der Waals surface area contributed by atoms with Crippen molar-refractivity contribution in [3.05, 3.63) is 30.2 Å². The minimum atomic E-state index is -0.405. The van der Waals surface area contributed by atoms with Crippen molar-refractivity contribution >= 4 is 11.6 Å². The number of hydrogen-bond acceptors (Lipinski definition) is 4. The Morgan fingerprint density at radius 1 is 1.62 bits per heavy atom. The summed E-state index contributed by atoms with van der Waals surface area (Å²) < 4.78 is 6.12. The lowest BCUT2D eigenvalue weighted by Gasteiger charge is -1.97. The van der Waals surface area contributed by atoms with Gasteiger partial charge >= 0.3 is 5.97 Å². The number of fused-ring (bicyclic) bond motifs is 1. The van der Waals surface area contributed by atoms with Crippen LogP contribution in [-0.2, 0) is 4.74 Å². The summed E-state index contributed by atoms with van der Waals surface area (Å²) >= 11 is 0. The molecule has 0 spiro atoms. The summed E-state index contributed by atoms with van der Waals surface area (Å²) in [6, 6.07) is 1.62. The van der Waals surface area contributed by atoms with Crippen molar-refractivity contribution in [2.24, 2.45) is 0 Å². The van der Waals surface area contributed by atoms with Gasteiger partial charge in [-0.1, -0.05) is 0 Å². The first kappa shape index (κ1) is 7.72. The number of aromatic nitrogens is 3. The third-order valence-corrected chi connectivity index (χ3v) is 1.68. The summed E-state index contributed by atoms with van der Waals surface area (Å²) in [5, 5.41) is 3.96. The van der Waals surface area contributed by atoms with Gasteiger partial charge in [0.15, 0.2) is 5.65 Å². The van der Waals surface area contributed by atoms with Gasteiger partial charge in [-0.3, -0.25) is 0 Å². The number of ether oxygens (including phenoxy) is 1. The lowest BCUT2D eigenvalue weighted by Crippen LogP contribution is -2.03. The van der Waals surface area contributed by atoms with Crippen LogP contribution in [0.5, 0.6) is 0 Å². The van der Waals surface area contributed by atoms with Gasteiger partial charge in [0.2, 0.25) is 0 Å². The second kappa shape index (κ2) is 2.85. The second-order valence-corrected chi connectivity index (χ2v) is 2.47. The molecule has 0 aromatic carbocycles. The number of esters is 1. The Morgan fingerprint density at radius 2 is 2.46 bits per heavy atom. The molecule has 0 aliphatic heterocycles. The van der Waals surface area contributed by atoms with Gasteiger partial charge in [-0.25, -0.2) is 14.3 Å². The van der Waals surface area contributed by atoms with Crippen LogP contribution in [0.4, 0.5) is 0 Å². The zero-order valence-electron chi connectivity index (χ0n) is 6.97. The summed E-state index contributed by atoms with van der Waals surface area (Å²) in [5.41, 5.74) is 1.03. The van der Waals surface area contributed by atoms with Crippen molar-refractivity contribution in [3.8, 4) is 0 Å². The van der Waals surface area contributed by atoms with E-state index in [0.717, 1.165) is 0 Å². The molecule has 0 saturated heterocycles. The van der Waals surface area contributed by atoms with Gasteiger partial charge in [0.1, 0.15) is 0 Å². The smallest absolute Gasteiger partial charge is 0.339 e. The Balaban J connectivity index is 2.54. The highest BCUT2D eigenvalue weighted by atomic mass is 16.5. The lowest BCUT2D eigenvalue weighted by molar-refractivity contribution is 0.0600. The molecule has 2 heterocycles. The van der Waals surface area contributed by atoms with Gasteiger partial charge in [0, 0.05) is 12.4 Å². The molecule has 0 radical (unpaired) electrons. The first-order valence-electron chi connectivity index (χ1n) is 3.69. The fourth-order valence-electron chi connectivity index (χ4n) is 1.04. The number of imidazole rings is 1. The van der Waals surface area contributed by atoms with Crippen molar-refractivity contribution < 1.29 is 9.53 Å². The molecule has 0 bridgehead atoms. The van der Waals surface area contributed by atoms with E-state index < -0.39 is 5.97 Å². The third-order valence-electron chi connectivity index (χ3n) is 1.68. The quantitative estimate of drug-likeness (QED) is 0.596. The van der Waals surface area contributed by atoms with Crippen molar-refractivity contribution in [3.63, 3.8) is 0 Å². The lowest BCUT2D eigenvalue weighted by atomic mass is 10.3. The molecule has 0 aliphatic rings. The fourth-order valence-corrected chi connectivity index (χ4v) is 1.04. The Kier molecular flexibility index (Phi) is 1.70. The van der Waals surface area contributed by atoms with Crippen LogP contribution >= 0.6 is 0 Å². The van der Waals surface area contributed by atoms with Crippen molar-refractivity contribution in [1.29, 1.82) is 0 Å². The van der Waals surface area contributed by atoms with Crippen LogP contribution in [-0.4, -0.2) is 27.7 Å². The van der Waals surface area contributed by atoms with Crippen LogP contribution in [0.15, 0.2) is 24.7 Å². The van der Waals surface area contributed by atoms with E-state index in [1.54, 1.807) is 23.0 Å². The predicted molar refractivity (Wildman–Crippen MR) is 44.3 cm³/mol. The fraction of sp³-hybridized carbons (Fsp3) is 0.125. The van der Waals surface area contributed by atoms with Crippen molar-refractivity contribution in [2.45, 2.75) is 0 Å². The molecule has 0 N–H and O–H groups in total. The summed E-state index contributed by atoms with van der Waals surface area (Å²) in [6.07, 6.45) is 4.76. The number of rotatable bonds is 1. The van der Waals surface area contributed by atoms with E-state index in [1.165, 1.54) is 13.3 Å². The van der Waals surface area contributed by atoms with Gasteiger partial charge in [0.25, 0.3) is 0 Å². The normalized spacial score (nSPS) is 10.2. The highest BCUT2D eigenvalue weighted by Gasteiger charge is 2.06. The Bertz CT molecular complexity index is 449. The van der Waals surface area contributed by atoms with Gasteiger partial charge in [-0.15, -0.1) is 0 Å². The molecule has 5 nitrogen and oxygen atoms in total. The molecule has 0 aliphatic carbocycles. The number of hydrogen-bond donors (Lipinski definition) is 0. The number of methoxy groups -OCH3 is 1. The minimum Gasteiger partial charge on any atom is -0.465 e. The van der Waals surface area contributed by atoms with Crippen LogP contribution in [0, 0.1) is 0 Å². The Hall–Kier alpha value is -1.91. The molecule has 0 amide bonds. The van der Waals surface area contributed by atoms with E-state index >= 15 is 0 Å². The van der Waals surface area contributed by atoms with Gasteiger partial charge < -0.3 is 4.74 Å². The zero-order chi connectivity index (χ0) is 9.26. The van der Waals surface area contributed by atoms with E-state index in [4.69, 9.17) is 0 Å². The Morgan fingerprint density at radius 3 is 3.23 bits per heavy atom. The largest absolute Gasteiger partial charge is 0.465 e. The summed E-state index contributed by atoms with van der Waals surface area (Å²) in [6.45, 7) is 0. The van der Waals surface area contributed by atoms with Crippen LogP contribution in [0.2, 0.25) is 0 Å². The summed E-state index contributed by atoms with van der Waals surface area (Å²) in [4.78, 5) is 15.1. The summed E-state index contributed by atoms with van der Waals surface area (Å²) in [5.74, 6) is -0.405. The average molecular weight is 177 g/mol. The Labute approximate surface area is 74.0 Å². The first-order chi connectivity index (χ1) is 6.31. The predicted octanol–water partition coefficient (Wildman–Crippen LogP) is 0.516. The maximum atomic E-state index is 11.1. The minimum absolute atomic E-state index is 0.404. The van der Waals surface area contributed by atoms with Crippen LogP contribution < -0.4 is 0 Å². The van der Waals surface area contributed by atoms with E-state index in [-0.39, 0.29) is 0 Å². The molecule has 0 unspecified atom stereocenters. The molecule has 2 aromatic heterocycles. The maximum Gasteiger partial charge on any atom is 0.339 e. The van der Waals surface area contributed by atoms with Crippen molar-refractivity contribution in [2.75, 3.05) is 7.11 Å². The average Bonchev–Trinajstić information content (AvgIpc) is 2.63. The standard InChI is InChI=1S/C8H7N3O2/c1-13-8(12)6-4-7-9-2-3-11(7)10-5-6/h2-5H,1H3. The van der Waals surface area contributed by atoms with Crippen LogP contribution in [0.25, 0.3) is 5.65 Å². The molecule has 0 atom stereocenters. The maximum absolute atomic E-state index is 11.1. The zero-order valence-corrected chi connectivity index (χ0v) is 6.97. The first-order valence-corrected chi connectivity index (χ1v) is 3.69. The monoisotopic (exact) mass is 177 g/mol. The number of carbonyl (C=O) groups is 1. The topological polar surface area (TPSA) is 56.5 Å². The van der Waals surface area contributed by atoms with E-state index in [2.05, 4.69) is 14.8 Å². The highest BCUT2D eigenvalue weighted by molar-refractivity contribution is 5.89. The van der Waals surface area contributed by atoms with Gasteiger partial charge in [0.05, 0.1) is 18.9 Å². The molecular weight excluding hydrogens is 170 g/mol. The highest BCUT2D eigenvalue weighted by Crippen LogP contribution is 2.03. The molecule has 2 rings (SSSR count). The number of nitrogens with zero attached hydrogens (tertiary/aromatic N) is 3. The van der Waals surface area contributed by atoms with Gasteiger partial charge in [-0.2, -0.15) is 5.10 Å². The molecule has 5 heteroatoms. The van der Waals surface area contributed by atoms with Crippen LogP contribution in [0.1, 0.15) is 10.4 Å². The molecule has 0 saturated carbocycles. The molecule has 0 fully saturated rings. The van der Waals surface area contributed by atoms with E-state index in [0.29, 0.717) is 11.2 Å². The molecular formula is C8H7N3O2. The molecule has 66 valence electrons. The third kappa shape index (κ3) is 1.24. The molecule has 13 heavy (non-hydrogen) atoms. The van der Waals surface area contributed by atoms with Gasteiger partial charge in [-0.05, 0) is 6.07 Å². The van der Waals surface area contributed by atoms with E-state index in [9.17, 15) is 4.79 Å². The SMILES string of the molecule is COC(=O)c1cnn2ccnc2c1. The summed E-state index contributed by atoms with van der Waals surface area (Å²) in [7, 11) is 1.33. The second-order valence-electron chi connectivity index (χ2n) is 2.47. The van der Waals surface area contributed by atoms with E-state index in [1.807, 2.05) is 0 Å².